The number of β-amino-alcohol motifs (C(OH)–C–C–N with tert-alkyl or cyclic N) is 1. The molecule has 0 bridgehead atoms. The predicted octanol–water partition coefficient (Wildman–Crippen LogP) is 2.67. The summed E-state index contributed by atoms with van der Waals surface area (Å²) in [6.45, 7) is 1.13. The number of fused-ring (bicyclic) bond motifs is 3. The molecule has 5 nitrogen and oxygen atoms in total. The van der Waals surface area contributed by atoms with Gasteiger partial charge in [-0.15, -0.1) is 0 Å². The van der Waals surface area contributed by atoms with Crippen LogP contribution in [0, 0.1) is 0 Å². The van der Waals surface area contributed by atoms with Crippen molar-refractivity contribution in [3.8, 4) is 5.75 Å². The summed E-state index contributed by atoms with van der Waals surface area (Å²) in [5, 5.41) is 10.8. The van der Waals surface area contributed by atoms with Gasteiger partial charge in [0.15, 0.2) is 6.61 Å². The van der Waals surface area contributed by atoms with Gasteiger partial charge in [-0.25, -0.2) is 0 Å². The smallest absolute Gasteiger partial charge is 0.260 e. The Bertz CT molecular complexity index is 751. The molecule has 1 N–H and O–H groups in total. The lowest BCUT2D eigenvalue weighted by Gasteiger charge is -2.30. The van der Waals surface area contributed by atoms with Gasteiger partial charge in [0.25, 0.3) is 5.91 Å². The highest BCUT2D eigenvalue weighted by Gasteiger charge is 2.22. The third kappa shape index (κ3) is 3.00. The molecule has 0 radical (unpaired) electrons. The van der Waals surface area contributed by atoms with Crippen LogP contribution in [0.25, 0.3) is 11.0 Å². The highest BCUT2D eigenvalue weighted by Crippen LogP contribution is 2.33. The SMILES string of the molecule is O=C(COc1ccc2oc3c(c2c1)CCCC3)N1CCCC(O)C1. The number of aryl methyl sites for hydroxylation is 2. The number of aliphatic hydroxyl groups is 1. The highest BCUT2D eigenvalue weighted by molar-refractivity contribution is 5.84. The van der Waals surface area contributed by atoms with Gasteiger partial charge in [-0.05, 0) is 50.3 Å². The van der Waals surface area contributed by atoms with Gasteiger partial charge in [-0.2, -0.15) is 0 Å². The quantitative estimate of drug-likeness (QED) is 0.940. The second kappa shape index (κ2) is 6.48. The van der Waals surface area contributed by atoms with Crippen LogP contribution in [0.4, 0.5) is 0 Å². The zero-order valence-electron chi connectivity index (χ0n) is 13.8. The van der Waals surface area contributed by atoms with Crippen LogP contribution >= 0.6 is 0 Å². The van der Waals surface area contributed by atoms with Crippen LogP contribution in [-0.4, -0.2) is 41.7 Å². The first-order chi connectivity index (χ1) is 11.7. The van der Waals surface area contributed by atoms with Crippen LogP contribution in [0.3, 0.4) is 0 Å². The topological polar surface area (TPSA) is 62.9 Å². The minimum absolute atomic E-state index is 0.0122. The molecular weight excluding hydrogens is 306 g/mol. The Morgan fingerprint density at radius 3 is 3.04 bits per heavy atom. The summed E-state index contributed by atoms with van der Waals surface area (Å²) in [7, 11) is 0. The molecule has 1 aromatic heterocycles. The number of rotatable bonds is 3. The molecule has 1 unspecified atom stereocenters. The molecule has 128 valence electrons. The number of benzene rings is 1. The molecule has 1 aromatic carbocycles. The zero-order chi connectivity index (χ0) is 16.5. The molecule has 1 aliphatic heterocycles. The van der Waals surface area contributed by atoms with E-state index in [1.165, 1.54) is 18.4 Å². The third-order valence-corrected chi connectivity index (χ3v) is 5.04. The summed E-state index contributed by atoms with van der Waals surface area (Å²) < 4.78 is 11.6. The lowest BCUT2D eigenvalue weighted by atomic mass is 9.96. The average molecular weight is 329 g/mol. The Kier molecular flexibility index (Phi) is 4.19. The Morgan fingerprint density at radius 2 is 2.17 bits per heavy atom. The molecule has 5 heteroatoms. The Hall–Kier alpha value is -2.01. The Labute approximate surface area is 141 Å². The fourth-order valence-corrected chi connectivity index (χ4v) is 3.75. The van der Waals surface area contributed by atoms with Crippen molar-refractivity contribution in [1.82, 2.24) is 4.90 Å². The van der Waals surface area contributed by atoms with Crippen molar-refractivity contribution in [2.45, 2.75) is 44.6 Å². The number of piperidine rings is 1. The molecule has 1 saturated heterocycles. The number of carbonyl (C=O) groups excluding carboxylic acids is 1. The number of aliphatic hydroxyl groups excluding tert-OH is 1. The van der Waals surface area contributed by atoms with Gasteiger partial charge >= 0.3 is 0 Å². The van der Waals surface area contributed by atoms with E-state index in [-0.39, 0.29) is 12.5 Å². The van der Waals surface area contributed by atoms with Crippen molar-refractivity contribution >= 4 is 16.9 Å². The maximum absolute atomic E-state index is 12.2. The van der Waals surface area contributed by atoms with Gasteiger partial charge < -0.3 is 19.2 Å². The van der Waals surface area contributed by atoms with E-state index in [1.54, 1.807) is 4.90 Å². The van der Waals surface area contributed by atoms with Crippen LogP contribution in [-0.2, 0) is 17.6 Å². The number of carbonyl (C=O) groups is 1. The number of amides is 1. The summed E-state index contributed by atoms with van der Waals surface area (Å²) in [5.74, 6) is 1.73. The first-order valence-electron chi connectivity index (χ1n) is 8.83. The number of likely N-dealkylation sites (tertiary alicyclic amines) is 1. The van der Waals surface area contributed by atoms with Crippen LogP contribution in [0.2, 0.25) is 0 Å². The van der Waals surface area contributed by atoms with E-state index in [9.17, 15) is 9.90 Å². The fourth-order valence-electron chi connectivity index (χ4n) is 3.75. The first kappa shape index (κ1) is 15.5. The van der Waals surface area contributed by atoms with Crippen molar-refractivity contribution < 1.29 is 19.1 Å². The normalized spacial score (nSPS) is 20.9. The Morgan fingerprint density at radius 1 is 1.29 bits per heavy atom. The summed E-state index contributed by atoms with van der Waals surface area (Å²) >= 11 is 0. The van der Waals surface area contributed by atoms with E-state index in [0.717, 1.165) is 42.4 Å². The van der Waals surface area contributed by atoms with E-state index in [0.29, 0.717) is 18.8 Å². The second-order valence-electron chi connectivity index (χ2n) is 6.79. The largest absolute Gasteiger partial charge is 0.484 e. The second-order valence-corrected chi connectivity index (χ2v) is 6.79. The van der Waals surface area contributed by atoms with Crippen LogP contribution in [0.5, 0.6) is 5.75 Å². The number of hydrogen-bond acceptors (Lipinski definition) is 4. The molecule has 0 spiro atoms. The van der Waals surface area contributed by atoms with Crippen LogP contribution in [0.15, 0.2) is 22.6 Å². The number of hydrogen-bond donors (Lipinski definition) is 1. The molecule has 1 aliphatic carbocycles. The summed E-state index contributed by atoms with van der Waals surface area (Å²) in [6.07, 6.45) is 5.66. The van der Waals surface area contributed by atoms with Crippen molar-refractivity contribution in [3.63, 3.8) is 0 Å². The predicted molar refractivity (Wildman–Crippen MR) is 90.2 cm³/mol. The van der Waals surface area contributed by atoms with Crippen molar-refractivity contribution in [2.24, 2.45) is 0 Å². The molecule has 2 heterocycles. The van der Waals surface area contributed by atoms with E-state index >= 15 is 0 Å². The molecule has 24 heavy (non-hydrogen) atoms. The minimum atomic E-state index is -0.406. The zero-order valence-corrected chi connectivity index (χ0v) is 13.8. The van der Waals surface area contributed by atoms with E-state index in [4.69, 9.17) is 9.15 Å². The van der Waals surface area contributed by atoms with Gasteiger partial charge in [0.2, 0.25) is 0 Å². The monoisotopic (exact) mass is 329 g/mol. The van der Waals surface area contributed by atoms with E-state index in [1.807, 2.05) is 18.2 Å². The van der Waals surface area contributed by atoms with Crippen molar-refractivity contribution in [1.29, 1.82) is 0 Å². The van der Waals surface area contributed by atoms with Crippen LogP contribution in [0.1, 0.15) is 37.0 Å². The van der Waals surface area contributed by atoms with Gasteiger partial charge in [0.05, 0.1) is 6.10 Å². The summed E-state index contributed by atoms with van der Waals surface area (Å²) in [5.41, 5.74) is 2.20. The molecule has 1 fully saturated rings. The number of nitrogens with zero attached hydrogens (tertiary/aromatic N) is 1. The molecule has 4 rings (SSSR count). The molecule has 2 aliphatic rings. The molecule has 1 atom stereocenters. The molecule has 0 saturated carbocycles. The third-order valence-electron chi connectivity index (χ3n) is 5.04. The first-order valence-corrected chi connectivity index (χ1v) is 8.83. The summed E-state index contributed by atoms with van der Waals surface area (Å²) in [4.78, 5) is 13.9. The lowest BCUT2D eigenvalue weighted by Crippen LogP contribution is -2.44. The molecular formula is C19H23NO4. The fraction of sp³-hybridized carbons (Fsp3) is 0.526. The van der Waals surface area contributed by atoms with Crippen molar-refractivity contribution in [3.05, 3.63) is 29.5 Å². The minimum Gasteiger partial charge on any atom is -0.484 e. The van der Waals surface area contributed by atoms with Crippen LogP contribution < -0.4 is 4.74 Å². The van der Waals surface area contributed by atoms with Crippen molar-refractivity contribution in [2.75, 3.05) is 19.7 Å². The standard InChI is InChI=1S/C19H23NO4/c21-13-4-3-9-20(11-13)19(22)12-23-14-7-8-18-16(10-14)15-5-1-2-6-17(15)24-18/h7-8,10,13,21H,1-6,9,11-12H2. The van der Waals surface area contributed by atoms with Gasteiger partial charge in [-0.1, -0.05) is 0 Å². The highest BCUT2D eigenvalue weighted by atomic mass is 16.5. The van der Waals surface area contributed by atoms with E-state index < -0.39 is 6.10 Å². The maximum Gasteiger partial charge on any atom is 0.260 e. The number of ether oxygens (including phenoxy) is 1. The summed E-state index contributed by atoms with van der Waals surface area (Å²) in [6, 6.07) is 5.77. The van der Waals surface area contributed by atoms with Gasteiger partial charge in [0, 0.05) is 30.5 Å². The Balaban J connectivity index is 1.45. The van der Waals surface area contributed by atoms with Gasteiger partial charge in [0.1, 0.15) is 17.1 Å². The van der Waals surface area contributed by atoms with E-state index in [2.05, 4.69) is 0 Å². The number of furan rings is 1. The van der Waals surface area contributed by atoms with Gasteiger partial charge in [-0.3, -0.25) is 4.79 Å². The lowest BCUT2D eigenvalue weighted by molar-refractivity contribution is -0.136. The molecule has 1 amide bonds. The maximum atomic E-state index is 12.2. The molecule has 2 aromatic rings. The average Bonchev–Trinajstić information content (AvgIpc) is 2.97.